The van der Waals surface area contributed by atoms with Gasteiger partial charge in [-0.2, -0.15) is 0 Å². The minimum absolute atomic E-state index is 0.121. The summed E-state index contributed by atoms with van der Waals surface area (Å²) in [6, 6.07) is 5.30. The summed E-state index contributed by atoms with van der Waals surface area (Å²) in [7, 11) is 1.56. The fraction of sp³-hybridized carbons (Fsp3) is 0.308. The van der Waals surface area contributed by atoms with Gasteiger partial charge < -0.3 is 4.74 Å². The van der Waals surface area contributed by atoms with Gasteiger partial charge in [-0.1, -0.05) is 30.7 Å². The number of ether oxygens (including phenoxy) is 1. The number of aromatic nitrogens is 3. The molecule has 0 aliphatic carbocycles. The van der Waals surface area contributed by atoms with Crippen molar-refractivity contribution >= 4 is 17.9 Å². The van der Waals surface area contributed by atoms with Crippen LogP contribution in [-0.2, 0) is 0 Å². The van der Waals surface area contributed by atoms with E-state index in [0.717, 1.165) is 11.4 Å². The highest BCUT2D eigenvalue weighted by molar-refractivity contribution is 6.32. The van der Waals surface area contributed by atoms with E-state index in [1.807, 2.05) is 19.9 Å². The fourth-order valence-corrected chi connectivity index (χ4v) is 2.15. The summed E-state index contributed by atoms with van der Waals surface area (Å²) in [6.45, 7) is 3.96. The standard InChI is InChI=1S/C13H14ClN3O2/c1-8(2)13-11(7-18)15-16-17(13)9-4-5-12(19-3)10(14)6-9/h4-8H,1-3H3. The van der Waals surface area contributed by atoms with Crippen molar-refractivity contribution in [2.45, 2.75) is 19.8 Å². The monoisotopic (exact) mass is 279 g/mol. The van der Waals surface area contributed by atoms with E-state index in [0.29, 0.717) is 22.8 Å². The van der Waals surface area contributed by atoms with Crippen LogP contribution in [0.15, 0.2) is 18.2 Å². The Morgan fingerprint density at radius 1 is 1.42 bits per heavy atom. The molecule has 0 saturated carbocycles. The summed E-state index contributed by atoms with van der Waals surface area (Å²) in [5.74, 6) is 0.711. The molecule has 0 spiro atoms. The Bertz CT molecular complexity index is 608. The Balaban J connectivity index is 2.56. The van der Waals surface area contributed by atoms with E-state index in [1.54, 1.807) is 23.9 Å². The lowest BCUT2D eigenvalue weighted by Crippen LogP contribution is -2.05. The number of carbonyl (C=O) groups excluding carboxylic acids is 1. The number of carbonyl (C=O) groups is 1. The molecule has 0 aliphatic heterocycles. The Kier molecular flexibility index (Phi) is 3.85. The van der Waals surface area contributed by atoms with Crippen LogP contribution in [0.5, 0.6) is 5.75 Å². The summed E-state index contributed by atoms with van der Waals surface area (Å²) in [5.41, 5.74) is 1.85. The average molecular weight is 280 g/mol. The van der Waals surface area contributed by atoms with Gasteiger partial charge >= 0.3 is 0 Å². The van der Waals surface area contributed by atoms with E-state index in [-0.39, 0.29) is 5.92 Å². The molecule has 0 saturated heterocycles. The van der Waals surface area contributed by atoms with Crippen molar-refractivity contribution in [3.05, 3.63) is 34.6 Å². The largest absolute Gasteiger partial charge is 0.495 e. The maximum absolute atomic E-state index is 11.0. The number of benzene rings is 1. The third-order valence-electron chi connectivity index (χ3n) is 2.77. The van der Waals surface area contributed by atoms with Gasteiger partial charge in [0.25, 0.3) is 0 Å². The molecule has 2 aromatic rings. The Morgan fingerprint density at radius 3 is 2.68 bits per heavy atom. The molecule has 0 fully saturated rings. The number of halogens is 1. The van der Waals surface area contributed by atoms with Crippen LogP contribution in [0.1, 0.15) is 35.9 Å². The second kappa shape index (κ2) is 5.40. The van der Waals surface area contributed by atoms with E-state index in [1.165, 1.54) is 0 Å². The summed E-state index contributed by atoms with van der Waals surface area (Å²) in [4.78, 5) is 11.0. The molecular weight excluding hydrogens is 266 g/mol. The van der Waals surface area contributed by atoms with Crippen LogP contribution < -0.4 is 4.74 Å². The highest BCUT2D eigenvalue weighted by atomic mass is 35.5. The van der Waals surface area contributed by atoms with Crippen molar-refractivity contribution in [2.24, 2.45) is 0 Å². The molecule has 0 bridgehead atoms. The van der Waals surface area contributed by atoms with E-state index >= 15 is 0 Å². The molecule has 0 unspecified atom stereocenters. The summed E-state index contributed by atoms with van der Waals surface area (Å²) >= 11 is 6.10. The lowest BCUT2D eigenvalue weighted by Gasteiger charge is -2.11. The second-order valence-electron chi connectivity index (χ2n) is 4.36. The summed E-state index contributed by atoms with van der Waals surface area (Å²) in [6.07, 6.45) is 0.712. The van der Waals surface area contributed by atoms with Gasteiger partial charge in [0.2, 0.25) is 0 Å². The van der Waals surface area contributed by atoms with Crippen molar-refractivity contribution in [1.29, 1.82) is 0 Å². The number of hydrogen-bond acceptors (Lipinski definition) is 4. The highest BCUT2D eigenvalue weighted by Crippen LogP contribution is 2.28. The predicted octanol–water partition coefficient (Wildman–Crippen LogP) is 2.87. The van der Waals surface area contributed by atoms with E-state index in [2.05, 4.69) is 10.3 Å². The van der Waals surface area contributed by atoms with Crippen LogP contribution >= 0.6 is 11.6 Å². The van der Waals surface area contributed by atoms with E-state index in [9.17, 15) is 4.79 Å². The Hall–Kier alpha value is -1.88. The first-order chi connectivity index (χ1) is 9.08. The van der Waals surface area contributed by atoms with Gasteiger partial charge in [0.05, 0.1) is 23.5 Å². The first-order valence-electron chi connectivity index (χ1n) is 5.83. The zero-order chi connectivity index (χ0) is 14.0. The third-order valence-corrected chi connectivity index (χ3v) is 3.07. The van der Waals surface area contributed by atoms with Gasteiger partial charge in [-0.15, -0.1) is 5.10 Å². The zero-order valence-corrected chi connectivity index (χ0v) is 11.7. The van der Waals surface area contributed by atoms with Crippen LogP contribution in [0.25, 0.3) is 5.69 Å². The molecule has 0 radical (unpaired) electrons. The van der Waals surface area contributed by atoms with E-state index < -0.39 is 0 Å². The minimum atomic E-state index is 0.121. The third kappa shape index (κ3) is 2.46. The first-order valence-corrected chi connectivity index (χ1v) is 6.21. The van der Waals surface area contributed by atoms with Gasteiger partial charge in [-0.25, -0.2) is 4.68 Å². The molecule has 19 heavy (non-hydrogen) atoms. The molecule has 1 heterocycles. The van der Waals surface area contributed by atoms with Gasteiger partial charge in [0, 0.05) is 0 Å². The van der Waals surface area contributed by atoms with Crippen LogP contribution in [-0.4, -0.2) is 28.4 Å². The SMILES string of the molecule is COc1ccc(-n2nnc(C=O)c2C(C)C)cc1Cl. The van der Waals surface area contributed by atoms with Gasteiger partial charge in [0.1, 0.15) is 11.4 Å². The van der Waals surface area contributed by atoms with E-state index in [4.69, 9.17) is 16.3 Å². The number of nitrogens with zero attached hydrogens (tertiary/aromatic N) is 3. The normalized spacial score (nSPS) is 10.8. The molecule has 1 aromatic carbocycles. The van der Waals surface area contributed by atoms with Gasteiger partial charge in [-0.3, -0.25) is 4.79 Å². The summed E-state index contributed by atoms with van der Waals surface area (Å²) < 4.78 is 6.73. The lowest BCUT2D eigenvalue weighted by molar-refractivity contribution is 0.111. The molecular formula is C13H14ClN3O2. The quantitative estimate of drug-likeness (QED) is 0.808. The fourth-order valence-electron chi connectivity index (χ4n) is 1.90. The summed E-state index contributed by atoms with van der Waals surface area (Å²) in [5, 5.41) is 8.37. The van der Waals surface area contributed by atoms with Crippen LogP contribution in [0.3, 0.4) is 0 Å². The molecule has 0 N–H and O–H groups in total. The number of methoxy groups -OCH3 is 1. The molecule has 6 heteroatoms. The zero-order valence-electron chi connectivity index (χ0n) is 10.9. The van der Waals surface area contributed by atoms with Crippen molar-refractivity contribution in [1.82, 2.24) is 15.0 Å². The molecule has 2 rings (SSSR count). The Labute approximate surface area is 116 Å². The van der Waals surface area contributed by atoms with Gasteiger partial charge in [0.15, 0.2) is 6.29 Å². The van der Waals surface area contributed by atoms with Gasteiger partial charge in [-0.05, 0) is 24.1 Å². The van der Waals surface area contributed by atoms with Crippen LogP contribution in [0, 0.1) is 0 Å². The predicted molar refractivity (Wildman–Crippen MR) is 72.4 cm³/mol. The van der Waals surface area contributed by atoms with Crippen molar-refractivity contribution in [3.8, 4) is 11.4 Å². The topological polar surface area (TPSA) is 57.0 Å². The van der Waals surface area contributed by atoms with Crippen molar-refractivity contribution in [2.75, 3.05) is 7.11 Å². The minimum Gasteiger partial charge on any atom is -0.495 e. The van der Waals surface area contributed by atoms with Crippen molar-refractivity contribution in [3.63, 3.8) is 0 Å². The highest BCUT2D eigenvalue weighted by Gasteiger charge is 2.17. The second-order valence-corrected chi connectivity index (χ2v) is 4.77. The molecule has 1 aromatic heterocycles. The first kappa shape index (κ1) is 13.5. The lowest BCUT2D eigenvalue weighted by atomic mass is 10.1. The van der Waals surface area contributed by atoms with Crippen molar-refractivity contribution < 1.29 is 9.53 Å². The molecule has 5 nitrogen and oxygen atoms in total. The number of rotatable bonds is 4. The molecule has 0 aliphatic rings. The molecule has 100 valence electrons. The molecule has 0 amide bonds. The average Bonchev–Trinajstić information content (AvgIpc) is 2.82. The number of hydrogen-bond donors (Lipinski definition) is 0. The Morgan fingerprint density at radius 2 is 2.16 bits per heavy atom. The molecule has 0 atom stereocenters. The van der Waals surface area contributed by atoms with Crippen LogP contribution in [0.4, 0.5) is 0 Å². The van der Waals surface area contributed by atoms with Crippen LogP contribution in [0.2, 0.25) is 5.02 Å². The maximum atomic E-state index is 11.0. The maximum Gasteiger partial charge on any atom is 0.172 e. The number of aldehydes is 1. The smallest absolute Gasteiger partial charge is 0.172 e.